The zero-order valence-corrected chi connectivity index (χ0v) is 9.52. The van der Waals surface area contributed by atoms with Crippen LogP contribution in [0.4, 0.5) is 4.39 Å². The number of aromatic amines is 1. The van der Waals surface area contributed by atoms with E-state index in [0.717, 1.165) is 0 Å². The van der Waals surface area contributed by atoms with E-state index in [4.69, 9.17) is 4.74 Å². The highest BCUT2D eigenvalue weighted by Crippen LogP contribution is 2.56. The highest BCUT2D eigenvalue weighted by Gasteiger charge is 2.78. The molecule has 0 amide bonds. The lowest BCUT2D eigenvalue weighted by Crippen LogP contribution is -2.33. The van der Waals surface area contributed by atoms with Crippen LogP contribution in [0.2, 0.25) is 0 Å². The van der Waals surface area contributed by atoms with Crippen molar-refractivity contribution in [2.24, 2.45) is 0 Å². The fraction of sp³-hybridized carbons (Fsp3) is 0.455. The average molecular weight is 267 g/mol. The van der Waals surface area contributed by atoms with Crippen LogP contribution in [0.15, 0.2) is 23.4 Å². The highest BCUT2D eigenvalue weighted by atomic mass is 19.1. The van der Waals surface area contributed by atoms with Gasteiger partial charge in [0.25, 0.3) is 5.56 Å². The van der Waals surface area contributed by atoms with Crippen LogP contribution in [0.3, 0.4) is 0 Å². The van der Waals surface area contributed by atoms with Gasteiger partial charge in [0, 0.05) is 6.20 Å². The Kier molecular flexibility index (Phi) is 1.88. The third-order valence-electron chi connectivity index (χ3n) is 3.85. The molecular formula is C11H10FN3O4. The van der Waals surface area contributed by atoms with E-state index < -0.39 is 30.2 Å². The van der Waals surface area contributed by atoms with Gasteiger partial charge in [-0.05, 0) is 6.07 Å². The summed E-state index contributed by atoms with van der Waals surface area (Å²) in [6.07, 6.45) is -2.06. The van der Waals surface area contributed by atoms with Gasteiger partial charge in [0.15, 0.2) is 17.4 Å². The molecule has 2 aromatic heterocycles. The van der Waals surface area contributed by atoms with Gasteiger partial charge in [-0.1, -0.05) is 0 Å². The molecule has 3 N–H and O–H groups in total. The van der Waals surface area contributed by atoms with Crippen molar-refractivity contribution < 1.29 is 19.3 Å². The molecule has 0 bridgehead atoms. The summed E-state index contributed by atoms with van der Waals surface area (Å²) in [7, 11) is 0. The van der Waals surface area contributed by atoms with Gasteiger partial charge in [-0.25, -0.2) is 9.37 Å². The fourth-order valence-electron chi connectivity index (χ4n) is 2.69. The van der Waals surface area contributed by atoms with Crippen molar-refractivity contribution in [2.45, 2.75) is 30.2 Å². The first kappa shape index (κ1) is 11.1. The molecule has 2 fully saturated rings. The number of ether oxygens (including phenoxy) is 1. The summed E-state index contributed by atoms with van der Waals surface area (Å²) in [6, 6.07) is 1.59. The Morgan fingerprint density at radius 1 is 1.47 bits per heavy atom. The van der Waals surface area contributed by atoms with E-state index >= 15 is 0 Å². The molecule has 2 aromatic rings. The Hall–Kier alpha value is -1.77. The number of pyridine rings is 1. The van der Waals surface area contributed by atoms with Gasteiger partial charge in [-0.2, -0.15) is 0 Å². The number of alkyl halides is 1. The molecule has 7 nitrogen and oxygen atoms in total. The number of H-pyrrole nitrogens is 1. The normalized spacial score (nSPS) is 40.6. The number of fused-ring (bicyclic) bond motifs is 2. The zero-order valence-electron chi connectivity index (χ0n) is 9.52. The molecule has 1 unspecified atom stereocenters. The van der Waals surface area contributed by atoms with E-state index in [9.17, 15) is 19.4 Å². The third kappa shape index (κ3) is 1.16. The second-order valence-electron chi connectivity index (χ2n) is 4.86. The smallest absolute Gasteiger partial charge is 0.276 e. The van der Waals surface area contributed by atoms with Crippen LogP contribution in [-0.4, -0.2) is 48.7 Å². The van der Waals surface area contributed by atoms with Crippen LogP contribution in [0.5, 0.6) is 0 Å². The Balaban J connectivity index is 1.81. The van der Waals surface area contributed by atoms with Crippen molar-refractivity contribution in [3.8, 4) is 0 Å². The van der Waals surface area contributed by atoms with Crippen LogP contribution >= 0.6 is 0 Å². The van der Waals surface area contributed by atoms with Gasteiger partial charge in [0.05, 0.1) is 11.8 Å². The maximum Gasteiger partial charge on any atom is 0.276 e. The van der Waals surface area contributed by atoms with Crippen molar-refractivity contribution in [3.63, 3.8) is 0 Å². The van der Waals surface area contributed by atoms with E-state index in [1.807, 2.05) is 0 Å². The van der Waals surface area contributed by atoms with Crippen molar-refractivity contribution in [1.29, 1.82) is 0 Å². The topological polar surface area (TPSA) is 100 Å². The van der Waals surface area contributed by atoms with Crippen LogP contribution in [0.25, 0.3) is 11.0 Å². The molecule has 3 heterocycles. The summed E-state index contributed by atoms with van der Waals surface area (Å²) in [5.74, 6) is 0. The largest absolute Gasteiger partial charge is 0.387 e. The molecule has 1 saturated heterocycles. The average Bonchev–Trinajstić information content (AvgIpc) is 2.74. The van der Waals surface area contributed by atoms with Crippen LogP contribution in [0, 0.1) is 0 Å². The molecule has 1 aliphatic heterocycles. The predicted molar refractivity (Wildman–Crippen MR) is 60.1 cm³/mol. The van der Waals surface area contributed by atoms with Gasteiger partial charge in [0.2, 0.25) is 0 Å². The lowest BCUT2D eigenvalue weighted by atomic mass is 10.2. The second kappa shape index (κ2) is 3.21. The molecule has 1 aliphatic carbocycles. The molecule has 0 spiro atoms. The van der Waals surface area contributed by atoms with Crippen molar-refractivity contribution in [1.82, 2.24) is 14.5 Å². The summed E-state index contributed by atoms with van der Waals surface area (Å²) in [5.41, 5.74) is -1.87. The minimum absolute atomic E-state index is 0.187. The molecule has 8 heteroatoms. The molecule has 19 heavy (non-hydrogen) atoms. The van der Waals surface area contributed by atoms with Crippen LogP contribution in [0.1, 0.15) is 6.23 Å². The lowest BCUT2D eigenvalue weighted by molar-refractivity contribution is -0.0800. The molecule has 0 aromatic carbocycles. The maximum atomic E-state index is 14.1. The standard InChI is InChI=1S/C11H10FN3O4/c12-11-6(16)8(11)19-10(7(11)17)15-3-14-5-4(15)1-2-13-9(5)18/h1-3,6-8,10,16-17H,(H,13,18)/t6?,7-,8+,10+,11+/m0/s1. The fourth-order valence-corrected chi connectivity index (χ4v) is 2.69. The predicted octanol–water partition coefficient (Wildman–Crippen LogP) is -0.934. The van der Waals surface area contributed by atoms with Crippen molar-refractivity contribution >= 4 is 11.0 Å². The molecular weight excluding hydrogens is 257 g/mol. The molecule has 2 aliphatic rings. The van der Waals surface area contributed by atoms with E-state index in [2.05, 4.69) is 9.97 Å². The zero-order chi connectivity index (χ0) is 13.4. The first-order valence-electron chi connectivity index (χ1n) is 5.80. The minimum atomic E-state index is -2.12. The van der Waals surface area contributed by atoms with Gasteiger partial charge in [-0.15, -0.1) is 0 Å². The maximum absolute atomic E-state index is 14.1. The molecule has 4 rings (SSSR count). The Morgan fingerprint density at radius 2 is 2.26 bits per heavy atom. The summed E-state index contributed by atoms with van der Waals surface area (Å²) < 4.78 is 20.8. The first-order chi connectivity index (χ1) is 9.05. The second-order valence-corrected chi connectivity index (χ2v) is 4.86. The number of aromatic nitrogens is 3. The molecule has 100 valence electrons. The Labute approximate surface area is 105 Å². The number of imidazole rings is 1. The third-order valence-corrected chi connectivity index (χ3v) is 3.85. The van der Waals surface area contributed by atoms with Gasteiger partial charge in [-0.3, -0.25) is 4.79 Å². The SMILES string of the molecule is O=c1[nH]ccc2c1ncn2[C@@H]1O[C@@H]2C(O)[C@@]2(F)[C@H]1O. The summed E-state index contributed by atoms with van der Waals surface area (Å²) in [4.78, 5) is 17.9. The number of nitrogens with zero attached hydrogens (tertiary/aromatic N) is 2. The quantitative estimate of drug-likeness (QED) is 0.619. The monoisotopic (exact) mass is 267 g/mol. The number of nitrogens with one attached hydrogen (secondary N) is 1. The van der Waals surface area contributed by atoms with Crippen molar-refractivity contribution in [2.75, 3.05) is 0 Å². The number of hydrogen-bond acceptors (Lipinski definition) is 5. The van der Waals surface area contributed by atoms with Gasteiger partial charge < -0.3 is 24.5 Å². The first-order valence-corrected chi connectivity index (χ1v) is 5.80. The van der Waals surface area contributed by atoms with Gasteiger partial charge in [0.1, 0.15) is 18.3 Å². The lowest BCUT2D eigenvalue weighted by Gasteiger charge is -2.21. The van der Waals surface area contributed by atoms with Gasteiger partial charge >= 0.3 is 0 Å². The van der Waals surface area contributed by atoms with E-state index in [0.29, 0.717) is 5.52 Å². The molecule has 1 saturated carbocycles. The summed E-state index contributed by atoms with van der Waals surface area (Å²) in [5, 5.41) is 19.2. The Morgan fingerprint density at radius 3 is 2.95 bits per heavy atom. The van der Waals surface area contributed by atoms with Crippen LogP contribution in [-0.2, 0) is 4.74 Å². The molecule has 5 atom stereocenters. The number of aliphatic hydroxyl groups is 2. The van der Waals surface area contributed by atoms with E-state index in [1.54, 1.807) is 6.07 Å². The van der Waals surface area contributed by atoms with Crippen molar-refractivity contribution in [3.05, 3.63) is 28.9 Å². The molecule has 0 radical (unpaired) electrons. The van der Waals surface area contributed by atoms with Crippen LogP contribution < -0.4 is 5.56 Å². The summed E-state index contributed by atoms with van der Waals surface area (Å²) >= 11 is 0. The number of rotatable bonds is 1. The number of aliphatic hydroxyl groups excluding tert-OH is 2. The number of halogens is 1. The number of hydrogen-bond donors (Lipinski definition) is 3. The van der Waals surface area contributed by atoms with E-state index in [1.165, 1.54) is 17.1 Å². The van der Waals surface area contributed by atoms with E-state index in [-0.39, 0.29) is 11.1 Å². The summed E-state index contributed by atoms with van der Waals surface area (Å²) in [6.45, 7) is 0. The Bertz CT molecular complexity index is 728. The highest BCUT2D eigenvalue weighted by molar-refractivity contribution is 5.73. The minimum Gasteiger partial charge on any atom is -0.387 e.